The van der Waals surface area contributed by atoms with Gasteiger partial charge in [-0.05, 0) is 66.1 Å². The Hall–Kier alpha value is -3.71. The predicted octanol–water partition coefficient (Wildman–Crippen LogP) is 5.50. The molecule has 0 saturated carbocycles. The molecule has 0 amide bonds. The third-order valence-corrected chi connectivity index (χ3v) is 7.66. The van der Waals surface area contributed by atoms with Crippen LogP contribution in [-0.2, 0) is 16.3 Å². The van der Waals surface area contributed by atoms with Crippen LogP contribution in [0.15, 0.2) is 78.0 Å². The standard InChI is InChI=1S/C27H25N3O3S/c1-3-34(31,32)21-9-6-7-19(16-21)22-10-11-24(33-14-12-20-8-4-5-13-28-20)26-25(22)23-15-18(2)17-29-27(23)30-26/h4-11,13,15-17H,3,12,14H2,1-2H3,(H,29,30). The van der Waals surface area contributed by atoms with Crippen molar-refractivity contribution >= 4 is 31.8 Å². The van der Waals surface area contributed by atoms with E-state index in [0.717, 1.165) is 50.1 Å². The summed E-state index contributed by atoms with van der Waals surface area (Å²) in [5, 5.41) is 1.94. The van der Waals surface area contributed by atoms with Crippen LogP contribution in [0.1, 0.15) is 18.2 Å². The summed E-state index contributed by atoms with van der Waals surface area (Å²) in [5.74, 6) is 0.785. The number of ether oxygens (including phenoxy) is 1. The summed E-state index contributed by atoms with van der Waals surface area (Å²) in [7, 11) is -3.32. The second-order valence-electron chi connectivity index (χ2n) is 8.25. The van der Waals surface area contributed by atoms with Gasteiger partial charge in [-0.1, -0.05) is 25.1 Å². The molecule has 0 atom stereocenters. The lowest BCUT2D eigenvalue weighted by Gasteiger charge is -2.12. The van der Waals surface area contributed by atoms with Gasteiger partial charge in [0.2, 0.25) is 0 Å². The molecule has 34 heavy (non-hydrogen) atoms. The van der Waals surface area contributed by atoms with Crippen LogP contribution in [0.3, 0.4) is 0 Å². The average Bonchev–Trinajstić information content (AvgIpc) is 3.24. The molecule has 2 aromatic carbocycles. The molecule has 6 nitrogen and oxygen atoms in total. The van der Waals surface area contributed by atoms with Crippen LogP contribution < -0.4 is 4.74 Å². The summed E-state index contributed by atoms with van der Waals surface area (Å²) < 4.78 is 31.2. The van der Waals surface area contributed by atoms with Gasteiger partial charge in [-0.25, -0.2) is 13.4 Å². The Kier molecular flexibility index (Phi) is 5.79. The van der Waals surface area contributed by atoms with Gasteiger partial charge in [-0.15, -0.1) is 0 Å². The minimum Gasteiger partial charge on any atom is -0.491 e. The van der Waals surface area contributed by atoms with E-state index >= 15 is 0 Å². The van der Waals surface area contributed by atoms with Crippen LogP contribution in [0.2, 0.25) is 0 Å². The highest BCUT2D eigenvalue weighted by Gasteiger charge is 2.18. The normalized spacial score (nSPS) is 11.8. The van der Waals surface area contributed by atoms with Crippen molar-refractivity contribution in [2.45, 2.75) is 25.2 Å². The van der Waals surface area contributed by atoms with Crippen molar-refractivity contribution in [2.24, 2.45) is 0 Å². The molecule has 0 bridgehead atoms. The monoisotopic (exact) mass is 471 g/mol. The van der Waals surface area contributed by atoms with E-state index in [2.05, 4.69) is 21.0 Å². The van der Waals surface area contributed by atoms with Crippen LogP contribution in [-0.4, -0.2) is 35.7 Å². The lowest BCUT2D eigenvalue weighted by atomic mass is 9.99. The average molecular weight is 472 g/mol. The zero-order valence-corrected chi connectivity index (χ0v) is 19.9. The number of sulfone groups is 1. The minimum atomic E-state index is -3.32. The van der Waals surface area contributed by atoms with E-state index in [1.54, 1.807) is 31.3 Å². The topological polar surface area (TPSA) is 84.9 Å². The number of aromatic nitrogens is 3. The van der Waals surface area contributed by atoms with Gasteiger partial charge in [0, 0.05) is 35.3 Å². The first-order valence-corrected chi connectivity index (χ1v) is 12.9. The van der Waals surface area contributed by atoms with Crippen molar-refractivity contribution in [2.75, 3.05) is 12.4 Å². The number of rotatable bonds is 7. The molecule has 172 valence electrons. The van der Waals surface area contributed by atoms with E-state index < -0.39 is 9.84 Å². The van der Waals surface area contributed by atoms with E-state index in [1.165, 1.54) is 0 Å². The number of aromatic amines is 1. The van der Waals surface area contributed by atoms with Gasteiger partial charge < -0.3 is 9.72 Å². The third kappa shape index (κ3) is 4.15. The minimum absolute atomic E-state index is 0.0606. The molecular formula is C27H25N3O3S. The first-order valence-electron chi connectivity index (χ1n) is 11.2. The number of nitrogens with zero attached hydrogens (tertiary/aromatic N) is 2. The van der Waals surface area contributed by atoms with E-state index in [-0.39, 0.29) is 5.75 Å². The molecular weight excluding hydrogens is 446 g/mol. The molecule has 0 saturated heterocycles. The number of fused-ring (bicyclic) bond motifs is 3. The van der Waals surface area contributed by atoms with Crippen molar-refractivity contribution in [1.29, 1.82) is 0 Å². The second kappa shape index (κ2) is 8.91. The van der Waals surface area contributed by atoms with Gasteiger partial charge in [0.25, 0.3) is 0 Å². The molecule has 5 aromatic rings. The number of pyridine rings is 2. The number of nitrogens with one attached hydrogen (secondary N) is 1. The molecule has 0 aliphatic rings. The predicted molar refractivity (Wildman–Crippen MR) is 135 cm³/mol. The Morgan fingerprint density at radius 3 is 2.68 bits per heavy atom. The lowest BCUT2D eigenvalue weighted by Crippen LogP contribution is -2.04. The number of H-pyrrole nitrogens is 1. The molecule has 7 heteroatoms. The third-order valence-electron chi connectivity index (χ3n) is 5.93. The summed E-state index contributed by atoms with van der Waals surface area (Å²) in [6, 6.07) is 19.0. The van der Waals surface area contributed by atoms with E-state index in [4.69, 9.17) is 4.74 Å². The van der Waals surface area contributed by atoms with Gasteiger partial charge in [0.15, 0.2) is 9.84 Å². The first-order chi connectivity index (χ1) is 16.5. The fraction of sp³-hybridized carbons (Fsp3) is 0.185. The van der Waals surface area contributed by atoms with E-state index in [9.17, 15) is 8.42 Å². The van der Waals surface area contributed by atoms with E-state index in [0.29, 0.717) is 17.9 Å². The number of hydrogen-bond acceptors (Lipinski definition) is 5. The second-order valence-corrected chi connectivity index (χ2v) is 10.5. The van der Waals surface area contributed by atoms with Crippen LogP contribution >= 0.6 is 0 Å². The summed E-state index contributed by atoms with van der Waals surface area (Å²) in [5.41, 5.74) is 5.39. The summed E-state index contributed by atoms with van der Waals surface area (Å²) >= 11 is 0. The Morgan fingerprint density at radius 1 is 1.00 bits per heavy atom. The summed E-state index contributed by atoms with van der Waals surface area (Å²) in [6.07, 6.45) is 4.30. The highest BCUT2D eigenvalue weighted by molar-refractivity contribution is 7.91. The Bertz CT molecular complexity index is 1590. The molecule has 0 aliphatic heterocycles. The van der Waals surface area contributed by atoms with Crippen molar-refractivity contribution in [1.82, 2.24) is 15.0 Å². The Balaban J connectivity index is 1.62. The number of aryl methyl sites for hydroxylation is 1. The smallest absolute Gasteiger partial charge is 0.178 e. The Morgan fingerprint density at radius 2 is 1.88 bits per heavy atom. The maximum Gasteiger partial charge on any atom is 0.178 e. The van der Waals surface area contributed by atoms with Crippen LogP contribution in [0.4, 0.5) is 0 Å². The number of benzene rings is 2. The molecule has 0 spiro atoms. The van der Waals surface area contributed by atoms with Crippen molar-refractivity contribution in [3.05, 3.63) is 84.3 Å². The molecule has 0 fully saturated rings. The molecule has 0 radical (unpaired) electrons. The van der Waals surface area contributed by atoms with E-state index in [1.807, 2.05) is 49.5 Å². The molecule has 3 aromatic heterocycles. The van der Waals surface area contributed by atoms with Crippen LogP contribution in [0, 0.1) is 6.92 Å². The molecule has 0 unspecified atom stereocenters. The highest BCUT2D eigenvalue weighted by atomic mass is 32.2. The van der Waals surface area contributed by atoms with Crippen molar-refractivity contribution in [3.63, 3.8) is 0 Å². The summed E-state index contributed by atoms with van der Waals surface area (Å²) in [4.78, 5) is 12.7. The SMILES string of the molecule is CCS(=O)(=O)c1cccc(-c2ccc(OCCc3ccccn3)c3[nH]c4ncc(C)cc4c23)c1. The zero-order chi connectivity index (χ0) is 23.7. The largest absolute Gasteiger partial charge is 0.491 e. The maximum atomic E-state index is 12.5. The lowest BCUT2D eigenvalue weighted by molar-refractivity contribution is 0.324. The number of hydrogen-bond donors (Lipinski definition) is 1. The highest BCUT2D eigenvalue weighted by Crippen LogP contribution is 2.39. The first kappa shape index (κ1) is 22.1. The summed E-state index contributed by atoms with van der Waals surface area (Å²) in [6.45, 7) is 4.15. The fourth-order valence-electron chi connectivity index (χ4n) is 4.16. The van der Waals surface area contributed by atoms with Crippen LogP contribution in [0.5, 0.6) is 5.75 Å². The molecule has 0 aliphatic carbocycles. The van der Waals surface area contributed by atoms with Crippen molar-refractivity contribution in [3.8, 4) is 16.9 Å². The van der Waals surface area contributed by atoms with Gasteiger partial charge in [0.1, 0.15) is 11.4 Å². The Labute approximate surface area is 198 Å². The molecule has 1 N–H and O–H groups in total. The quantitative estimate of drug-likeness (QED) is 0.339. The van der Waals surface area contributed by atoms with Crippen LogP contribution in [0.25, 0.3) is 33.1 Å². The van der Waals surface area contributed by atoms with Crippen molar-refractivity contribution < 1.29 is 13.2 Å². The molecule has 5 rings (SSSR count). The van der Waals surface area contributed by atoms with Gasteiger partial charge in [0.05, 0.1) is 22.8 Å². The zero-order valence-electron chi connectivity index (χ0n) is 19.1. The van der Waals surface area contributed by atoms with Gasteiger partial charge >= 0.3 is 0 Å². The van der Waals surface area contributed by atoms with Gasteiger partial charge in [-0.2, -0.15) is 0 Å². The fourth-order valence-corrected chi connectivity index (χ4v) is 5.09. The maximum absolute atomic E-state index is 12.5. The van der Waals surface area contributed by atoms with Gasteiger partial charge in [-0.3, -0.25) is 4.98 Å². The molecule has 3 heterocycles.